The molecule has 0 amide bonds. The Morgan fingerprint density at radius 1 is 0.222 bits per heavy atom. The lowest BCUT2D eigenvalue weighted by molar-refractivity contribution is 1.18. The number of para-hydroxylation sites is 2. The normalized spacial score (nSPS) is 11.3. The Morgan fingerprint density at radius 3 is 1.21 bits per heavy atom. The van der Waals surface area contributed by atoms with E-state index in [1.54, 1.807) is 0 Å². The van der Waals surface area contributed by atoms with Gasteiger partial charge in [0.15, 0.2) is 0 Å². The summed E-state index contributed by atoms with van der Waals surface area (Å²) in [5, 5.41) is 4.98. The van der Waals surface area contributed by atoms with E-state index >= 15 is 0 Å². The highest BCUT2D eigenvalue weighted by molar-refractivity contribution is 6.10. The summed E-state index contributed by atoms with van der Waals surface area (Å²) in [4.78, 5) is 2.37. The van der Waals surface area contributed by atoms with Gasteiger partial charge in [0.05, 0.1) is 11.0 Å². The monoisotopic (exact) mass is 916 g/mol. The standard InChI is InChI=1S/C70H48N2/c1-3-18-50(19-4-1)61-25-9-11-27-63(61)65-29-13-14-30-66(65)64-28-12-10-26-62(64)53-38-45-58(46-39-53)71(57-43-36-52(37-44-57)60-32-17-21-51-20-7-8-24-59(51)60)56-41-34-49(35-42-56)54-40-47-70-68(48-54)67-31-15-16-33-69(67)72(70)55-22-5-2-6-23-55/h1-48H. The fraction of sp³-hybridized carbons (Fsp3) is 0. The zero-order valence-electron chi connectivity index (χ0n) is 39.6. The molecule has 13 rings (SSSR count). The number of fused-ring (bicyclic) bond motifs is 4. The van der Waals surface area contributed by atoms with Gasteiger partial charge in [0.1, 0.15) is 0 Å². The summed E-state index contributed by atoms with van der Waals surface area (Å²) in [6.07, 6.45) is 0. The second kappa shape index (κ2) is 18.4. The Bertz CT molecular complexity index is 4050. The lowest BCUT2D eigenvalue weighted by Gasteiger charge is -2.26. The van der Waals surface area contributed by atoms with Crippen molar-refractivity contribution in [2.45, 2.75) is 0 Å². The van der Waals surface area contributed by atoms with Gasteiger partial charge in [0.2, 0.25) is 0 Å². The highest BCUT2D eigenvalue weighted by Crippen LogP contribution is 2.44. The van der Waals surface area contributed by atoms with Gasteiger partial charge in [0, 0.05) is 33.5 Å². The predicted octanol–water partition coefficient (Wildman–Crippen LogP) is 19.4. The van der Waals surface area contributed by atoms with Crippen LogP contribution in [0.15, 0.2) is 291 Å². The van der Waals surface area contributed by atoms with Gasteiger partial charge in [-0.2, -0.15) is 0 Å². The highest BCUT2D eigenvalue weighted by Gasteiger charge is 2.19. The minimum Gasteiger partial charge on any atom is -0.311 e. The molecule has 0 aliphatic heterocycles. The van der Waals surface area contributed by atoms with Crippen molar-refractivity contribution in [3.63, 3.8) is 0 Å². The van der Waals surface area contributed by atoms with Crippen LogP contribution in [0.5, 0.6) is 0 Å². The van der Waals surface area contributed by atoms with Crippen LogP contribution in [0.4, 0.5) is 17.1 Å². The molecule has 0 fully saturated rings. The molecule has 0 unspecified atom stereocenters. The number of nitrogens with zero attached hydrogens (tertiary/aromatic N) is 2. The molecule has 0 spiro atoms. The topological polar surface area (TPSA) is 8.17 Å². The number of anilines is 3. The summed E-state index contributed by atoms with van der Waals surface area (Å²) in [6, 6.07) is 106. The Hall–Kier alpha value is -9.50. The molecule has 0 atom stereocenters. The van der Waals surface area contributed by atoms with Gasteiger partial charge < -0.3 is 9.47 Å². The van der Waals surface area contributed by atoms with E-state index in [1.807, 2.05) is 0 Å². The maximum absolute atomic E-state index is 2.37. The Labute approximate surface area is 420 Å². The SMILES string of the molecule is c1ccc(-c2ccccc2-c2ccccc2-c2ccccc2-c2ccc(N(c3ccc(-c4ccc5c(c4)c4ccccc4n5-c4ccccc4)cc3)c3ccc(-c4cccc5ccccc45)cc3)cc2)cc1. The van der Waals surface area contributed by atoms with Crippen LogP contribution in [0.1, 0.15) is 0 Å². The number of hydrogen-bond acceptors (Lipinski definition) is 1. The van der Waals surface area contributed by atoms with E-state index in [0.29, 0.717) is 0 Å². The number of aromatic nitrogens is 1. The van der Waals surface area contributed by atoms with Gasteiger partial charge in [-0.3, -0.25) is 0 Å². The maximum Gasteiger partial charge on any atom is 0.0541 e. The Balaban J connectivity index is 0.885. The third-order valence-electron chi connectivity index (χ3n) is 14.3. The summed E-state index contributed by atoms with van der Waals surface area (Å²) in [7, 11) is 0. The van der Waals surface area contributed by atoms with Crippen molar-refractivity contribution in [2.24, 2.45) is 0 Å². The summed E-state index contributed by atoms with van der Waals surface area (Å²) in [6.45, 7) is 0. The quantitative estimate of drug-likeness (QED) is 0.133. The molecule has 0 radical (unpaired) electrons. The molecule has 1 aromatic heterocycles. The lowest BCUT2D eigenvalue weighted by Crippen LogP contribution is -2.09. The summed E-state index contributed by atoms with van der Waals surface area (Å²) in [5.74, 6) is 0. The summed E-state index contributed by atoms with van der Waals surface area (Å²) < 4.78 is 2.37. The van der Waals surface area contributed by atoms with E-state index in [0.717, 1.165) is 28.3 Å². The summed E-state index contributed by atoms with van der Waals surface area (Å²) in [5.41, 5.74) is 21.2. The fourth-order valence-corrected chi connectivity index (χ4v) is 10.8. The van der Waals surface area contributed by atoms with Crippen LogP contribution in [0.25, 0.3) is 105 Å². The molecule has 0 saturated carbocycles. The van der Waals surface area contributed by atoms with Crippen molar-refractivity contribution in [3.8, 4) is 72.4 Å². The Morgan fingerprint density at radius 2 is 0.611 bits per heavy atom. The van der Waals surface area contributed by atoms with E-state index in [4.69, 9.17) is 0 Å². The predicted molar refractivity (Wildman–Crippen MR) is 306 cm³/mol. The van der Waals surface area contributed by atoms with Crippen LogP contribution >= 0.6 is 0 Å². The van der Waals surface area contributed by atoms with Crippen LogP contribution in [-0.2, 0) is 0 Å². The molecular weight excluding hydrogens is 869 g/mol. The Kier molecular flexibility index (Phi) is 10.9. The first-order valence-electron chi connectivity index (χ1n) is 24.7. The number of rotatable bonds is 10. The molecule has 2 nitrogen and oxygen atoms in total. The lowest BCUT2D eigenvalue weighted by atomic mass is 9.87. The molecule has 338 valence electrons. The largest absolute Gasteiger partial charge is 0.311 e. The smallest absolute Gasteiger partial charge is 0.0541 e. The number of benzene rings is 12. The fourth-order valence-electron chi connectivity index (χ4n) is 10.8. The molecule has 0 aliphatic rings. The molecule has 0 bridgehead atoms. The van der Waals surface area contributed by atoms with Crippen LogP contribution in [-0.4, -0.2) is 4.57 Å². The second-order valence-corrected chi connectivity index (χ2v) is 18.4. The third kappa shape index (κ3) is 7.73. The van der Waals surface area contributed by atoms with Gasteiger partial charge >= 0.3 is 0 Å². The zero-order valence-corrected chi connectivity index (χ0v) is 39.6. The molecule has 0 saturated heterocycles. The van der Waals surface area contributed by atoms with Crippen molar-refractivity contribution >= 4 is 49.6 Å². The summed E-state index contributed by atoms with van der Waals surface area (Å²) >= 11 is 0. The van der Waals surface area contributed by atoms with E-state index in [9.17, 15) is 0 Å². The van der Waals surface area contributed by atoms with Crippen LogP contribution < -0.4 is 4.90 Å². The van der Waals surface area contributed by atoms with Gasteiger partial charge in [0.25, 0.3) is 0 Å². The van der Waals surface area contributed by atoms with E-state index in [-0.39, 0.29) is 0 Å². The van der Waals surface area contributed by atoms with E-state index in [2.05, 4.69) is 301 Å². The van der Waals surface area contributed by atoms with Crippen LogP contribution in [0.2, 0.25) is 0 Å². The van der Waals surface area contributed by atoms with Gasteiger partial charge in [-0.05, 0) is 144 Å². The first kappa shape index (κ1) is 42.6. The average molecular weight is 917 g/mol. The first-order valence-corrected chi connectivity index (χ1v) is 24.7. The van der Waals surface area contributed by atoms with E-state index < -0.39 is 0 Å². The average Bonchev–Trinajstić information content (AvgIpc) is 3.80. The van der Waals surface area contributed by atoms with Gasteiger partial charge in [-0.25, -0.2) is 0 Å². The molecule has 0 N–H and O–H groups in total. The molecule has 0 aliphatic carbocycles. The molecule has 1 heterocycles. The van der Waals surface area contributed by atoms with Crippen LogP contribution in [0, 0.1) is 0 Å². The minimum atomic E-state index is 1.08. The van der Waals surface area contributed by atoms with E-state index in [1.165, 1.54) is 93.8 Å². The van der Waals surface area contributed by atoms with Crippen LogP contribution in [0.3, 0.4) is 0 Å². The molecule has 13 aromatic rings. The second-order valence-electron chi connectivity index (χ2n) is 18.4. The van der Waals surface area contributed by atoms with Crippen molar-refractivity contribution in [1.29, 1.82) is 0 Å². The maximum atomic E-state index is 2.37. The highest BCUT2D eigenvalue weighted by atomic mass is 15.1. The molecule has 12 aromatic carbocycles. The van der Waals surface area contributed by atoms with Crippen molar-refractivity contribution in [3.05, 3.63) is 291 Å². The molecular formula is C70H48N2. The zero-order chi connectivity index (χ0) is 47.8. The third-order valence-corrected chi connectivity index (χ3v) is 14.3. The molecule has 2 heteroatoms. The number of hydrogen-bond donors (Lipinski definition) is 0. The van der Waals surface area contributed by atoms with Crippen molar-refractivity contribution < 1.29 is 0 Å². The van der Waals surface area contributed by atoms with Crippen molar-refractivity contribution in [2.75, 3.05) is 4.90 Å². The van der Waals surface area contributed by atoms with Gasteiger partial charge in [-0.15, -0.1) is 0 Å². The first-order chi connectivity index (χ1) is 35.7. The van der Waals surface area contributed by atoms with Crippen molar-refractivity contribution in [1.82, 2.24) is 4.57 Å². The minimum absolute atomic E-state index is 1.08. The molecule has 72 heavy (non-hydrogen) atoms. The van der Waals surface area contributed by atoms with Gasteiger partial charge in [-0.1, -0.05) is 224 Å².